The van der Waals surface area contributed by atoms with Crippen LogP contribution in [0.2, 0.25) is 0 Å². The first-order chi connectivity index (χ1) is 8.24. The quantitative estimate of drug-likeness (QED) is 0.728. The first-order valence-corrected chi connectivity index (χ1v) is 7.73. The average Bonchev–Trinajstić information content (AvgIpc) is 2.60. The molecule has 6 nitrogen and oxygen atoms in total. The van der Waals surface area contributed by atoms with Crippen LogP contribution in [0.25, 0.3) is 0 Å². The minimum atomic E-state index is -3.35. The monoisotopic (exact) mass is 278 g/mol. The van der Waals surface area contributed by atoms with E-state index in [4.69, 9.17) is 10.5 Å². The van der Waals surface area contributed by atoms with Gasteiger partial charge in [-0.2, -0.15) is 0 Å². The fourth-order valence-electron chi connectivity index (χ4n) is 2.04. The molecule has 2 atom stereocenters. The minimum Gasteiger partial charge on any atom is -0.378 e. The number of primary amides is 1. The molecule has 1 rings (SSSR count). The Morgan fingerprint density at radius 1 is 1.44 bits per heavy atom. The van der Waals surface area contributed by atoms with Gasteiger partial charge < -0.3 is 10.5 Å². The Hall–Kier alpha value is -0.660. The van der Waals surface area contributed by atoms with Crippen molar-refractivity contribution in [1.29, 1.82) is 0 Å². The molecule has 0 aromatic heterocycles. The predicted molar refractivity (Wildman–Crippen MR) is 68.3 cm³/mol. The molecule has 1 saturated heterocycles. The summed E-state index contributed by atoms with van der Waals surface area (Å²) >= 11 is 0. The summed E-state index contributed by atoms with van der Waals surface area (Å²) < 4.78 is 30.6. The van der Waals surface area contributed by atoms with Gasteiger partial charge in [0.25, 0.3) is 0 Å². The van der Waals surface area contributed by atoms with Gasteiger partial charge in [-0.25, -0.2) is 12.7 Å². The lowest BCUT2D eigenvalue weighted by Gasteiger charge is -2.16. The summed E-state index contributed by atoms with van der Waals surface area (Å²) in [4.78, 5) is 11.2. The lowest BCUT2D eigenvalue weighted by Crippen LogP contribution is -2.34. The summed E-state index contributed by atoms with van der Waals surface area (Å²) in [5.74, 6) is -0.892. The molecule has 0 radical (unpaired) electrons. The third-order valence-electron chi connectivity index (χ3n) is 3.13. The van der Waals surface area contributed by atoms with Gasteiger partial charge in [0, 0.05) is 13.1 Å². The molecule has 1 aliphatic heterocycles. The van der Waals surface area contributed by atoms with Crippen LogP contribution in [-0.4, -0.2) is 50.2 Å². The Morgan fingerprint density at radius 3 is 2.50 bits per heavy atom. The number of nitrogens with zero attached hydrogens (tertiary/aromatic N) is 1. The van der Waals surface area contributed by atoms with E-state index in [2.05, 4.69) is 0 Å². The van der Waals surface area contributed by atoms with E-state index in [0.29, 0.717) is 6.54 Å². The van der Waals surface area contributed by atoms with Crippen molar-refractivity contribution in [2.45, 2.75) is 26.9 Å². The van der Waals surface area contributed by atoms with Gasteiger partial charge >= 0.3 is 0 Å². The highest BCUT2D eigenvalue weighted by molar-refractivity contribution is 7.89. The SMILES string of the molecule is CC(C)OCCS(=O)(=O)N1C[C@@H](C)[C@H](C(N)=O)C1. The van der Waals surface area contributed by atoms with E-state index in [1.165, 1.54) is 4.31 Å². The zero-order valence-corrected chi connectivity index (χ0v) is 11.9. The smallest absolute Gasteiger partial charge is 0.222 e. The van der Waals surface area contributed by atoms with Gasteiger partial charge in [-0.15, -0.1) is 0 Å². The number of carbonyl (C=O) groups is 1. The highest BCUT2D eigenvalue weighted by atomic mass is 32.2. The molecule has 0 saturated carbocycles. The van der Waals surface area contributed by atoms with Crippen molar-refractivity contribution in [2.75, 3.05) is 25.4 Å². The van der Waals surface area contributed by atoms with Crippen molar-refractivity contribution < 1.29 is 17.9 Å². The third kappa shape index (κ3) is 3.93. The van der Waals surface area contributed by atoms with Gasteiger partial charge in [-0.1, -0.05) is 6.92 Å². The maximum atomic E-state index is 12.0. The number of nitrogens with two attached hydrogens (primary N) is 1. The second kappa shape index (κ2) is 5.99. The number of carbonyl (C=O) groups excluding carboxylic acids is 1. The molecule has 1 amide bonds. The molecule has 106 valence electrons. The van der Waals surface area contributed by atoms with E-state index in [-0.39, 0.29) is 36.8 Å². The Balaban J connectivity index is 2.57. The second-order valence-corrected chi connectivity index (χ2v) is 7.13. The van der Waals surface area contributed by atoms with Gasteiger partial charge in [-0.3, -0.25) is 4.79 Å². The first-order valence-electron chi connectivity index (χ1n) is 6.12. The average molecular weight is 278 g/mol. The van der Waals surface area contributed by atoms with Crippen molar-refractivity contribution in [3.63, 3.8) is 0 Å². The van der Waals surface area contributed by atoms with Crippen molar-refractivity contribution in [2.24, 2.45) is 17.6 Å². The molecular formula is C11H22N2O4S. The molecule has 0 aromatic rings. The van der Waals surface area contributed by atoms with Gasteiger partial charge in [0.2, 0.25) is 15.9 Å². The van der Waals surface area contributed by atoms with Crippen LogP contribution in [-0.2, 0) is 19.6 Å². The van der Waals surface area contributed by atoms with Crippen LogP contribution in [0, 0.1) is 11.8 Å². The molecule has 18 heavy (non-hydrogen) atoms. The fourth-order valence-corrected chi connectivity index (χ4v) is 3.45. The highest BCUT2D eigenvalue weighted by Gasteiger charge is 2.38. The number of ether oxygens (including phenoxy) is 1. The highest BCUT2D eigenvalue weighted by Crippen LogP contribution is 2.25. The standard InChI is InChI=1S/C11H22N2O4S/c1-8(2)17-4-5-18(15,16)13-6-9(3)10(7-13)11(12)14/h8-10H,4-7H2,1-3H3,(H2,12,14)/t9-,10-/m1/s1. The van der Waals surface area contributed by atoms with Gasteiger partial charge in [-0.05, 0) is 19.8 Å². The molecule has 0 aliphatic carbocycles. The van der Waals surface area contributed by atoms with Crippen molar-refractivity contribution >= 4 is 15.9 Å². The molecule has 7 heteroatoms. The van der Waals surface area contributed by atoms with Crippen molar-refractivity contribution in [1.82, 2.24) is 4.31 Å². The molecule has 0 spiro atoms. The number of sulfonamides is 1. The zero-order chi connectivity index (χ0) is 13.9. The van der Waals surface area contributed by atoms with Crippen molar-refractivity contribution in [3.8, 4) is 0 Å². The number of hydrogen-bond acceptors (Lipinski definition) is 4. The normalized spacial score (nSPS) is 25.8. The molecule has 1 fully saturated rings. The summed E-state index contributed by atoms with van der Waals surface area (Å²) in [6.07, 6.45) is 0.0102. The topological polar surface area (TPSA) is 89.7 Å². The molecule has 0 bridgehead atoms. The van der Waals surface area contributed by atoms with E-state index in [1.807, 2.05) is 20.8 Å². The Morgan fingerprint density at radius 2 is 2.06 bits per heavy atom. The predicted octanol–water partition coefficient (Wildman–Crippen LogP) is -0.206. The van der Waals surface area contributed by atoms with Gasteiger partial charge in [0.15, 0.2) is 0 Å². The van der Waals surface area contributed by atoms with Gasteiger partial charge in [0.1, 0.15) is 0 Å². The Bertz CT molecular complexity index is 394. The molecular weight excluding hydrogens is 256 g/mol. The van der Waals surface area contributed by atoms with Crippen LogP contribution in [0.1, 0.15) is 20.8 Å². The number of hydrogen-bond donors (Lipinski definition) is 1. The maximum Gasteiger partial charge on any atom is 0.222 e. The number of amides is 1. The maximum absolute atomic E-state index is 12.0. The van der Waals surface area contributed by atoms with E-state index in [1.54, 1.807) is 0 Å². The lowest BCUT2D eigenvalue weighted by atomic mass is 9.98. The third-order valence-corrected chi connectivity index (χ3v) is 4.90. The van der Waals surface area contributed by atoms with E-state index in [0.717, 1.165) is 0 Å². The summed E-state index contributed by atoms with van der Waals surface area (Å²) in [5.41, 5.74) is 5.25. The minimum absolute atomic E-state index is 0.0102. The number of rotatable bonds is 6. The van der Waals surface area contributed by atoms with Crippen molar-refractivity contribution in [3.05, 3.63) is 0 Å². The van der Waals surface area contributed by atoms with Crippen LogP contribution in [0.15, 0.2) is 0 Å². The second-order valence-electron chi connectivity index (χ2n) is 5.04. The fraction of sp³-hybridized carbons (Fsp3) is 0.909. The summed E-state index contributed by atoms with van der Waals surface area (Å²) in [6, 6.07) is 0. The van der Waals surface area contributed by atoms with Crippen LogP contribution in [0.5, 0.6) is 0 Å². The van der Waals surface area contributed by atoms with Crippen LogP contribution in [0.4, 0.5) is 0 Å². The van der Waals surface area contributed by atoms with Crippen LogP contribution >= 0.6 is 0 Å². The summed E-state index contributed by atoms with van der Waals surface area (Å²) in [6.45, 7) is 6.28. The summed E-state index contributed by atoms with van der Waals surface area (Å²) in [5, 5.41) is 0. The van der Waals surface area contributed by atoms with Crippen LogP contribution in [0.3, 0.4) is 0 Å². The van der Waals surface area contributed by atoms with Crippen LogP contribution < -0.4 is 5.73 Å². The van der Waals surface area contributed by atoms with E-state index >= 15 is 0 Å². The molecule has 2 N–H and O–H groups in total. The molecule has 0 unspecified atom stereocenters. The zero-order valence-electron chi connectivity index (χ0n) is 11.1. The van der Waals surface area contributed by atoms with Gasteiger partial charge in [0.05, 0.1) is 24.4 Å². The molecule has 1 aliphatic rings. The summed E-state index contributed by atoms with van der Waals surface area (Å²) in [7, 11) is -3.35. The largest absolute Gasteiger partial charge is 0.378 e. The first kappa shape index (κ1) is 15.4. The lowest BCUT2D eigenvalue weighted by molar-refractivity contribution is -0.122. The Kier molecular flexibility index (Phi) is 5.12. The Labute approximate surface area is 109 Å². The van der Waals surface area contributed by atoms with E-state index < -0.39 is 15.9 Å². The molecule has 1 heterocycles. The molecule has 0 aromatic carbocycles. The van der Waals surface area contributed by atoms with E-state index in [9.17, 15) is 13.2 Å².